The third kappa shape index (κ3) is 1.79. The molecule has 0 aromatic rings. The highest BCUT2D eigenvalue weighted by Gasteiger charge is 2.64. The van der Waals surface area contributed by atoms with Crippen molar-refractivity contribution in [2.45, 2.75) is 78.6 Å². The molecule has 1 spiro atoms. The highest BCUT2D eigenvalue weighted by atomic mass is 16.3. The summed E-state index contributed by atoms with van der Waals surface area (Å²) in [5.74, 6) is 3.55. The van der Waals surface area contributed by atoms with Crippen LogP contribution in [0.1, 0.15) is 78.6 Å². The molecule has 0 amide bonds. The van der Waals surface area contributed by atoms with E-state index in [1.165, 1.54) is 57.8 Å². The third-order valence-corrected chi connectivity index (χ3v) is 8.79. The summed E-state index contributed by atoms with van der Waals surface area (Å²) < 4.78 is 0. The van der Waals surface area contributed by atoms with Crippen molar-refractivity contribution >= 4 is 0 Å². The molecule has 0 aromatic carbocycles. The number of aliphatic hydroxyl groups excluding tert-OH is 1. The van der Waals surface area contributed by atoms with Gasteiger partial charge in [0.1, 0.15) is 0 Å². The number of hydrogen-bond donors (Lipinski definition) is 1. The lowest BCUT2D eigenvalue weighted by atomic mass is 9.41. The lowest BCUT2D eigenvalue weighted by Crippen LogP contribution is -2.58. The van der Waals surface area contributed by atoms with E-state index in [1.807, 2.05) is 0 Å². The zero-order valence-electron chi connectivity index (χ0n) is 14.3. The molecule has 0 aliphatic heterocycles. The van der Waals surface area contributed by atoms with Crippen molar-refractivity contribution in [2.75, 3.05) is 6.61 Å². The standard InChI is InChI=1S/C20H34O/c1-14-11-19-10-7-16-18(2,3)8-4-9-20(16,13-21)17(19)6-5-15(14)12-19/h14-17,21H,4-13H2,1-3H3/t14-,15+,16+,17-,19+,20+/m1/s1. The first kappa shape index (κ1) is 14.5. The van der Waals surface area contributed by atoms with E-state index in [0.29, 0.717) is 17.4 Å². The van der Waals surface area contributed by atoms with Gasteiger partial charge in [-0.1, -0.05) is 27.2 Å². The van der Waals surface area contributed by atoms with Gasteiger partial charge in [0.05, 0.1) is 0 Å². The number of fused-ring (bicyclic) bond motifs is 3. The van der Waals surface area contributed by atoms with Crippen LogP contribution in [0.25, 0.3) is 0 Å². The molecule has 1 N–H and O–H groups in total. The van der Waals surface area contributed by atoms with Crippen LogP contribution >= 0.6 is 0 Å². The van der Waals surface area contributed by atoms with Crippen molar-refractivity contribution < 1.29 is 5.11 Å². The van der Waals surface area contributed by atoms with E-state index in [-0.39, 0.29) is 5.41 Å². The summed E-state index contributed by atoms with van der Waals surface area (Å²) in [5, 5.41) is 10.5. The Kier molecular flexibility index (Phi) is 3.11. The molecule has 0 radical (unpaired) electrons. The fraction of sp³-hybridized carbons (Fsp3) is 1.00. The van der Waals surface area contributed by atoms with E-state index in [0.717, 1.165) is 23.7 Å². The molecular weight excluding hydrogens is 256 g/mol. The quantitative estimate of drug-likeness (QED) is 0.718. The second-order valence-corrected chi connectivity index (χ2v) is 9.96. The number of hydrogen-bond acceptors (Lipinski definition) is 1. The molecule has 1 heteroatoms. The van der Waals surface area contributed by atoms with Gasteiger partial charge in [-0.15, -0.1) is 0 Å². The highest BCUT2D eigenvalue weighted by Crippen LogP contribution is 2.72. The van der Waals surface area contributed by atoms with Gasteiger partial charge < -0.3 is 5.11 Å². The summed E-state index contributed by atoms with van der Waals surface area (Å²) in [5.41, 5.74) is 1.34. The maximum absolute atomic E-state index is 10.5. The zero-order chi connectivity index (χ0) is 14.9. The fourth-order valence-corrected chi connectivity index (χ4v) is 8.07. The van der Waals surface area contributed by atoms with E-state index in [4.69, 9.17) is 0 Å². The summed E-state index contributed by atoms with van der Waals surface area (Å²) in [6.45, 7) is 7.95. The maximum atomic E-state index is 10.5. The molecule has 120 valence electrons. The average Bonchev–Trinajstić information content (AvgIpc) is 2.67. The average molecular weight is 290 g/mol. The molecule has 4 saturated carbocycles. The van der Waals surface area contributed by atoms with Crippen molar-refractivity contribution in [3.8, 4) is 0 Å². The van der Waals surface area contributed by atoms with Crippen LogP contribution in [0, 0.1) is 39.9 Å². The zero-order valence-corrected chi connectivity index (χ0v) is 14.3. The molecule has 0 unspecified atom stereocenters. The Balaban J connectivity index is 1.75. The van der Waals surface area contributed by atoms with Gasteiger partial charge in [0.25, 0.3) is 0 Å². The Morgan fingerprint density at radius 3 is 2.52 bits per heavy atom. The maximum Gasteiger partial charge on any atom is 0.0493 e. The van der Waals surface area contributed by atoms with Crippen molar-refractivity contribution in [3.63, 3.8) is 0 Å². The van der Waals surface area contributed by atoms with Crippen LogP contribution < -0.4 is 0 Å². The molecule has 0 aromatic heterocycles. The minimum Gasteiger partial charge on any atom is -0.396 e. The summed E-state index contributed by atoms with van der Waals surface area (Å²) in [6.07, 6.45) is 12.7. The van der Waals surface area contributed by atoms with Crippen LogP contribution in [-0.4, -0.2) is 11.7 Å². The molecule has 4 rings (SSSR count). The van der Waals surface area contributed by atoms with Gasteiger partial charge in [-0.2, -0.15) is 0 Å². The first-order chi connectivity index (χ1) is 9.94. The third-order valence-electron chi connectivity index (χ3n) is 8.79. The van der Waals surface area contributed by atoms with Crippen LogP contribution in [0.4, 0.5) is 0 Å². The second-order valence-electron chi connectivity index (χ2n) is 9.96. The summed E-state index contributed by atoms with van der Waals surface area (Å²) >= 11 is 0. The summed E-state index contributed by atoms with van der Waals surface area (Å²) in [7, 11) is 0. The smallest absolute Gasteiger partial charge is 0.0493 e. The van der Waals surface area contributed by atoms with E-state index in [2.05, 4.69) is 20.8 Å². The monoisotopic (exact) mass is 290 g/mol. The Bertz CT molecular complexity index is 424. The summed E-state index contributed by atoms with van der Waals surface area (Å²) in [6, 6.07) is 0. The first-order valence-electron chi connectivity index (χ1n) is 9.54. The van der Waals surface area contributed by atoms with E-state index >= 15 is 0 Å². The predicted octanol–water partition coefficient (Wildman–Crippen LogP) is 5.03. The van der Waals surface area contributed by atoms with Crippen LogP contribution in [0.2, 0.25) is 0 Å². The van der Waals surface area contributed by atoms with E-state index in [9.17, 15) is 5.11 Å². The normalized spacial score (nSPS) is 54.9. The van der Waals surface area contributed by atoms with Crippen LogP contribution in [0.3, 0.4) is 0 Å². The lowest BCUT2D eigenvalue weighted by Gasteiger charge is -2.64. The van der Waals surface area contributed by atoms with Crippen LogP contribution in [0.5, 0.6) is 0 Å². The molecule has 4 aliphatic rings. The minimum atomic E-state index is 0.273. The van der Waals surface area contributed by atoms with Gasteiger partial charge in [0.2, 0.25) is 0 Å². The van der Waals surface area contributed by atoms with E-state index < -0.39 is 0 Å². The van der Waals surface area contributed by atoms with Crippen molar-refractivity contribution in [2.24, 2.45) is 39.9 Å². The number of rotatable bonds is 1. The second kappa shape index (κ2) is 4.49. The van der Waals surface area contributed by atoms with Crippen LogP contribution in [0.15, 0.2) is 0 Å². The van der Waals surface area contributed by atoms with Gasteiger partial charge in [-0.25, -0.2) is 0 Å². The molecule has 0 heterocycles. The first-order valence-corrected chi connectivity index (χ1v) is 9.54. The van der Waals surface area contributed by atoms with E-state index in [1.54, 1.807) is 0 Å². The van der Waals surface area contributed by atoms with Gasteiger partial charge in [-0.05, 0) is 85.9 Å². The molecule has 4 aliphatic carbocycles. The largest absolute Gasteiger partial charge is 0.396 e. The van der Waals surface area contributed by atoms with Crippen molar-refractivity contribution in [3.05, 3.63) is 0 Å². The molecule has 1 nitrogen and oxygen atoms in total. The van der Waals surface area contributed by atoms with Gasteiger partial charge in [-0.3, -0.25) is 0 Å². The van der Waals surface area contributed by atoms with Gasteiger partial charge in [0.15, 0.2) is 0 Å². The molecular formula is C20H34O. The fourth-order valence-electron chi connectivity index (χ4n) is 8.07. The van der Waals surface area contributed by atoms with Gasteiger partial charge >= 0.3 is 0 Å². The van der Waals surface area contributed by atoms with Crippen molar-refractivity contribution in [1.29, 1.82) is 0 Å². The Labute approximate surface area is 130 Å². The molecule has 2 bridgehead atoms. The summed E-state index contributed by atoms with van der Waals surface area (Å²) in [4.78, 5) is 0. The molecule has 4 fully saturated rings. The van der Waals surface area contributed by atoms with Crippen LogP contribution in [-0.2, 0) is 0 Å². The SMILES string of the molecule is C[C@@H]1C[C@]23CC[C@H]4C(C)(C)CCC[C@@]4(CO)[C@@H]2CC[C@H]1C3. The van der Waals surface area contributed by atoms with Gasteiger partial charge in [0, 0.05) is 12.0 Å². The molecule has 6 atom stereocenters. The number of aliphatic hydroxyl groups is 1. The predicted molar refractivity (Wildman–Crippen MR) is 86.9 cm³/mol. The van der Waals surface area contributed by atoms with Crippen molar-refractivity contribution in [1.82, 2.24) is 0 Å². The molecule has 0 saturated heterocycles. The Morgan fingerprint density at radius 2 is 1.76 bits per heavy atom. The topological polar surface area (TPSA) is 20.2 Å². The Morgan fingerprint density at radius 1 is 0.952 bits per heavy atom. The molecule has 21 heavy (non-hydrogen) atoms. The highest BCUT2D eigenvalue weighted by molar-refractivity contribution is 5.13. The minimum absolute atomic E-state index is 0.273. The Hall–Kier alpha value is -0.0400. The lowest BCUT2D eigenvalue weighted by molar-refractivity contribution is -0.173.